The Morgan fingerprint density at radius 1 is 0.197 bits per heavy atom. The summed E-state index contributed by atoms with van der Waals surface area (Å²) in [6.45, 7) is 0. The third-order valence-electron chi connectivity index (χ3n) is 9.64. The second-order valence-electron chi connectivity index (χ2n) is 15.2. The Kier molecular flexibility index (Phi) is 21.0. The Hall–Kier alpha value is -3.84. The molecule has 380 valence electrons. The van der Waals surface area contributed by atoms with Gasteiger partial charge in [0.1, 0.15) is 0 Å². The van der Waals surface area contributed by atoms with Gasteiger partial charge in [0.05, 0.1) is 0 Å². The van der Waals surface area contributed by atoms with Gasteiger partial charge in [-0.25, -0.2) is 0 Å². The van der Waals surface area contributed by atoms with Gasteiger partial charge in [0.15, 0.2) is 0 Å². The molecule has 0 amide bonds. The molecule has 0 unspecified atom stereocenters. The fraction of sp³-hybridized carbons (Fsp3) is 0.0769. The van der Waals surface area contributed by atoms with E-state index >= 15 is 0 Å². The molecule has 0 spiro atoms. The van der Waals surface area contributed by atoms with Crippen molar-refractivity contribution < 1.29 is 70.8 Å². The van der Waals surface area contributed by atoms with Crippen LogP contribution in [-0.2, 0) is 20.4 Å². The molecule has 0 aliphatic carbocycles. The molecule has 0 heterocycles. The Morgan fingerprint density at radius 2 is 0.282 bits per heavy atom. The minimum absolute atomic E-state index is 0. The predicted octanol–water partition coefficient (Wildman–Crippen LogP) is 17.3. The monoisotopic (exact) mass is 1190 g/mol. The molecule has 0 aromatic heterocycles. The van der Waals surface area contributed by atoms with Gasteiger partial charge in [0.25, 0.3) is 0 Å². The molecule has 71 heavy (non-hydrogen) atoms. The topological polar surface area (TPSA) is 0 Å². The van der Waals surface area contributed by atoms with Crippen LogP contribution in [0.1, 0.15) is 0 Å². The van der Waals surface area contributed by atoms with Crippen molar-refractivity contribution in [2.24, 2.45) is 0 Å². The molecule has 8 rings (SSSR count). The number of rotatable bonds is 14. The van der Waals surface area contributed by atoms with Crippen LogP contribution in [0.25, 0.3) is 0 Å². The van der Waals surface area contributed by atoms with E-state index in [0.29, 0.717) is 0 Å². The van der Waals surface area contributed by atoms with E-state index in [9.17, 15) is 50.4 Å². The molecule has 0 bridgehead atoms. The number of hydrogen-bond donors (Lipinski definition) is 0. The molecule has 0 saturated carbocycles. The molecule has 19 heteroatoms. The summed E-state index contributed by atoms with van der Waals surface area (Å²) in [6, 6.07) is 88.4. The number of halogens is 12. The van der Waals surface area contributed by atoms with Crippen molar-refractivity contribution in [2.45, 2.75) is 0 Å². The maximum Gasteiger partial charge on any atom is 2.00 e. The first-order chi connectivity index (χ1) is 32.7. The largest absolute Gasteiger partial charge is 2.00 e. The van der Waals surface area contributed by atoms with E-state index in [1.54, 1.807) is 0 Å². The van der Waals surface area contributed by atoms with Gasteiger partial charge in [-0.3, -0.25) is 0 Å². The average molecular weight is 1190 g/mol. The fourth-order valence-electron chi connectivity index (χ4n) is 6.89. The molecule has 0 saturated heterocycles. The molecule has 8 aromatic carbocycles. The van der Waals surface area contributed by atoms with Gasteiger partial charge in [-0.05, 0) is 98.8 Å². The maximum absolute atomic E-state index is 10.7. The zero-order valence-electron chi connectivity index (χ0n) is 37.5. The first-order valence-corrected chi connectivity index (χ1v) is 31.5. The van der Waals surface area contributed by atoms with Crippen molar-refractivity contribution in [2.75, 3.05) is 24.6 Å². The summed E-state index contributed by atoms with van der Waals surface area (Å²) in [7, 11) is -22.7. The fourth-order valence-corrected chi connectivity index (χ4v) is 17.6. The van der Waals surface area contributed by atoms with E-state index < -0.39 is 15.6 Å². The van der Waals surface area contributed by atoms with Gasteiger partial charge in [-0.15, -0.1) is 0 Å². The van der Waals surface area contributed by atoms with E-state index in [1.165, 1.54) is 67.1 Å². The molecule has 0 atom stereocenters. The van der Waals surface area contributed by atoms with Crippen molar-refractivity contribution in [3.63, 3.8) is 0 Å². The normalized spacial score (nSPS) is 13.3. The third-order valence-corrected chi connectivity index (χ3v) is 20.4. The predicted molar refractivity (Wildman–Crippen MR) is 283 cm³/mol. The molecule has 0 nitrogen and oxygen atoms in total. The Balaban J connectivity index is 0.000000241. The summed E-state index contributed by atoms with van der Waals surface area (Å²) in [5.74, 6) is 0. The van der Waals surface area contributed by atoms with Crippen LogP contribution in [0.2, 0.25) is 0 Å². The first-order valence-electron chi connectivity index (χ1n) is 21.4. The van der Waals surface area contributed by atoms with Gasteiger partial charge < -0.3 is 0 Å². The van der Waals surface area contributed by atoms with Crippen LogP contribution >= 0.6 is 47.3 Å². The SMILES string of the molecule is F[P-](F)(F)(F)(F)F.F[P-](F)(F)(F)(F)F.[Pd+2].c1ccc(P(CCP(c2ccccc2)c2ccccc2)c2ccccc2)cc1.c1ccc(P(CCP(c2ccccc2)c2ccccc2)c2ccccc2)cc1. The van der Waals surface area contributed by atoms with Crippen LogP contribution in [0.4, 0.5) is 50.4 Å². The smallest absolute Gasteiger partial charge is 0.0622 e. The van der Waals surface area contributed by atoms with Crippen LogP contribution in [0.15, 0.2) is 243 Å². The molecule has 0 fully saturated rings. The summed E-state index contributed by atoms with van der Waals surface area (Å²) >= 11 is 0. The van der Waals surface area contributed by atoms with E-state index in [-0.39, 0.29) is 52.1 Å². The second-order valence-corrected chi connectivity index (χ2v) is 28.4. The molecule has 0 aliphatic rings. The van der Waals surface area contributed by atoms with Gasteiger partial charge >= 0.3 is 86.4 Å². The molecular weight excluding hydrogens is 1140 g/mol. The zero-order chi connectivity index (χ0) is 50.9. The van der Waals surface area contributed by atoms with Crippen molar-refractivity contribution in [1.82, 2.24) is 0 Å². The summed E-state index contributed by atoms with van der Waals surface area (Å²) in [5.41, 5.74) is 0. The van der Waals surface area contributed by atoms with Crippen LogP contribution < -0.4 is 42.4 Å². The van der Waals surface area contributed by atoms with E-state index in [2.05, 4.69) is 243 Å². The van der Waals surface area contributed by atoms with Crippen LogP contribution in [0.3, 0.4) is 0 Å². The van der Waals surface area contributed by atoms with Crippen molar-refractivity contribution in [3.8, 4) is 0 Å². The van der Waals surface area contributed by atoms with E-state index in [4.69, 9.17) is 0 Å². The Morgan fingerprint density at radius 3 is 0.366 bits per heavy atom. The standard InChI is InChI=1S/2C26H24P2.2F6P.Pd/c2*1-5-13-23(14-6-1)27(24-15-7-2-8-16-24)21-22-28(25-17-9-3-10-18-25)26-19-11-4-12-20-26;2*1-7(2,3,4,5)6;/h2*1-20H,21-22H2;;;/q;;2*-1;+2. The average Bonchev–Trinajstić information content (AvgIpc) is 3.32. The second kappa shape index (κ2) is 24.9. The molecular formula is C52H48F12P6Pd. The summed E-state index contributed by atoms with van der Waals surface area (Å²) < 4.78 is 118. The van der Waals surface area contributed by atoms with Gasteiger partial charge in [-0.2, -0.15) is 0 Å². The Labute approximate surface area is 425 Å². The van der Waals surface area contributed by atoms with Gasteiger partial charge in [0.2, 0.25) is 0 Å². The van der Waals surface area contributed by atoms with Gasteiger partial charge in [-0.1, -0.05) is 243 Å². The third kappa shape index (κ3) is 26.1. The van der Waals surface area contributed by atoms with Crippen molar-refractivity contribution in [1.29, 1.82) is 0 Å². The minimum Gasteiger partial charge on any atom is -0.0622 e. The van der Waals surface area contributed by atoms with Crippen LogP contribution in [-0.4, -0.2) is 24.6 Å². The molecule has 0 aliphatic heterocycles. The number of benzene rings is 8. The summed E-state index contributed by atoms with van der Waals surface area (Å²) in [6.07, 6.45) is 4.83. The Bertz CT molecular complexity index is 2200. The van der Waals surface area contributed by atoms with Gasteiger partial charge in [0, 0.05) is 0 Å². The summed E-state index contributed by atoms with van der Waals surface area (Å²) in [4.78, 5) is 0. The van der Waals surface area contributed by atoms with Crippen LogP contribution in [0, 0.1) is 0 Å². The molecule has 0 radical (unpaired) electrons. The quantitative estimate of drug-likeness (QED) is 0.0578. The summed E-state index contributed by atoms with van der Waals surface area (Å²) in [5, 5.41) is 11.8. The van der Waals surface area contributed by atoms with Crippen LogP contribution in [0.5, 0.6) is 0 Å². The first kappa shape index (κ1) is 59.7. The van der Waals surface area contributed by atoms with Crippen molar-refractivity contribution >= 4 is 89.7 Å². The molecule has 8 aromatic rings. The van der Waals surface area contributed by atoms with Crippen molar-refractivity contribution in [3.05, 3.63) is 243 Å². The maximum atomic E-state index is 9.87. The molecule has 0 N–H and O–H groups in total. The zero-order valence-corrected chi connectivity index (χ0v) is 44.4. The van der Waals surface area contributed by atoms with E-state index in [1.807, 2.05) is 0 Å². The number of hydrogen-bond acceptors (Lipinski definition) is 0. The minimum atomic E-state index is -10.7. The van der Waals surface area contributed by atoms with E-state index in [0.717, 1.165) is 0 Å².